The number of hydrogen-bond acceptors (Lipinski definition) is 4. The van der Waals surface area contributed by atoms with E-state index >= 15 is 0 Å². The van der Waals surface area contributed by atoms with Crippen LogP contribution in [-0.2, 0) is 4.79 Å². The van der Waals surface area contributed by atoms with Crippen molar-refractivity contribution in [3.63, 3.8) is 0 Å². The van der Waals surface area contributed by atoms with E-state index in [1.165, 1.54) is 4.90 Å². The van der Waals surface area contributed by atoms with Gasteiger partial charge < -0.3 is 19.9 Å². The Bertz CT molecular complexity index is 464. The third-order valence-electron chi connectivity index (χ3n) is 2.18. The van der Waals surface area contributed by atoms with Gasteiger partial charge in [0.1, 0.15) is 0 Å². The molecular formula is C13H20ClN3O3. The number of nitrogens with one attached hydrogen (secondary N) is 1. The molecule has 2 amide bonds. The summed E-state index contributed by atoms with van der Waals surface area (Å²) in [7, 11) is 6.79. The van der Waals surface area contributed by atoms with E-state index in [-0.39, 0.29) is 24.9 Å². The van der Waals surface area contributed by atoms with Gasteiger partial charge >= 0.3 is 6.09 Å². The lowest BCUT2D eigenvalue weighted by Gasteiger charge is -2.15. The number of ether oxygens (including phenoxy) is 1. The van der Waals surface area contributed by atoms with Crippen LogP contribution < -0.4 is 10.1 Å². The number of rotatable bonds is 4. The van der Waals surface area contributed by atoms with Crippen molar-refractivity contribution in [3.05, 3.63) is 24.3 Å². The largest absolute Gasteiger partial charge is 0.414 e. The van der Waals surface area contributed by atoms with Gasteiger partial charge in [-0.05, 0) is 26.2 Å². The van der Waals surface area contributed by atoms with Gasteiger partial charge in [0.15, 0.2) is 5.75 Å². The van der Waals surface area contributed by atoms with E-state index in [2.05, 4.69) is 5.32 Å². The molecular weight excluding hydrogens is 282 g/mol. The van der Waals surface area contributed by atoms with Crippen molar-refractivity contribution in [3.8, 4) is 5.75 Å². The second kappa shape index (κ2) is 8.39. The van der Waals surface area contributed by atoms with E-state index < -0.39 is 6.09 Å². The molecule has 0 spiro atoms. The Labute approximate surface area is 125 Å². The predicted octanol–water partition coefficient (Wildman–Crippen LogP) is 1.67. The number of likely N-dealkylation sites (N-methyl/N-ethyl adjacent to an activating group) is 1. The van der Waals surface area contributed by atoms with Crippen LogP contribution in [0.1, 0.15) is 0 Å². The molecule has 0 saturated heterocycles. The molecule has 0 atom stereocenters. The minimum Gasteiger partial charge on any atom is -0.408 e. The van der Waals surface area contributed by atoms with Crippen molar-refractivity contribution >= 4 is 30.1 Å². The average Bonchev–Trinajstić information content (AvgIpc) is 2.30. The van der Waals surface area contributed by atoms with Gasteiger partial charge in [-0.3, -0.25) is 4.79 Å². The first-order valence-electron chi connectivity index (χ1n) is 5.83. The maximum absolute atomic E-state index is 11.7. The molecule has 112 valence electrons. The highest BCUT2D eigenvalue weighted by atomic mass is 35.5. The van der Waals surface area contributed by atoms with E-state index in [1.54, 1.807) is 57.4 Å². The summed E-state index contributed by atoms with van der Waals surface area (Å²) in [4.78, 5) is 26.3. The fourth-order valence-electron chi connectivity index (χ4n) is 1.32. The van der Waals surface area contributed by atoms with Gasteiger partial charge in [0.2, 0.25) is 5.91 Å². The lowest BCUT2D eigenvalue weighted by atomic mass is 10.3. The topological polar surface area (TPSA) is 61.9 Å². The number of carbonyl (C=O) groups excluding carboxylic acids is 2. The monoisotopic (exact) mass is 301 g/mol. The van der Waals surface area contributed by atoms with Crippen LogP contribution in [0.5, 0.6) is 5.75 Å². The number of hydrogen-bond donors (Lipinski definition) is 1. The van der Waals surface area contributed by atoms with Crippen molar-refractivity contribution < 1.29 is 14.3 Å². The number of halogens is 1. The van der Waals surface area contributed by atoms with Crippen LogP contribution in [0.4, 0.5) is 10.5 Å². The van der Waals surface area contributed by atoms with Crippen LogP contribution in [-0.4, -0.2) is 56.5 Å². The van der Waals surface area contributed by atoms with Gasteiger partial charge in [-0.15, -0.1) is 12.4 Å². The summed E-state index contributed by atoms with van der Waals surface area (Å²) in [6.45, 7) is 0.260. The molecule has 0 bridgehead atoms. The van der Waals surface area contributed by atoms with E-state index in [1.807, 2.05) is 0 Å². The van der Waals surface area contributed by atoms with Gasteiger partial charge in [-0.1, -0.05) is 12.1 Å². The van der Waals surface area contributed by atoms with E-state index in [4.69, 9.17) is 4.74 Å². The number of anilines is 1. The number of benzene rings is 1. The van der Waals surface area contributed by atoms with Gasteiger partial charge in [0.25, 0.3) is 0 Å². The maximum atomic E-state index is 11.7. The summed E-state index contributed by atoms with van der Waals surface area (Å²) in [5.41, 5.74) is 0.476. The molecule has 6 nitrogen and oxygen atoms in total. The van der Waals surface area contributed by atoms with Crippen LogP contribution in [0.25, 0.3) is 0 Å². The Hall–Kier alpha value is -1.79. The average molecular weight is 302 g/mol. The second-order valence-electron chi connectivity index (χ2n) is 4.54. The smallest absolute Gasteiger partial charge is 0.408 e. The summed E-state index contributed by atoms with van der Waals surface area (Å²) in [5.74, 6) is 0.159. The minimum absolute atomic E-state index is 0. The highest BCUT2D eigenvalue weighted by molar-refractivity contribution is 5.94. The zero-order valence-electron chi connectivity index (χ0n) is 12.0. The minimum atomic E-state index is -0.491. The van der Waals surface area contributed by atoms with E-state index in [0.29, 0.717) is 11.4 Å². The first kappa shape index (κ1) is 18.2. The Morgan fingerprint density at radius 1 is 1.15 bits per heavy atom. The predicted molar refractivity (Wildman–Crippen MR) is 80.6 cm³/mol. The molecule has 0 unspecified atom stereocenters. The first-order valence-corrected chi connectivity index (χ1v) is 5.83. The molecule has 0 aliphatic rings. The summed E-state index contributed by atoms with van der Waals surface area (Å²) >= 11 is 0. The molecule has 0 fully saturated rings. The molecule has 0 aliphatic heterocycles. The van der Waals surface area contributed by atoms with Crippen LogP contribution in [0, 0.1) is 0 Å². The number of amides is 2. The van der Waals surface area contributed by atoms with Crippen LogP contribution in [0.15, 0.2) is 24.3 Å². The third-order valence-corrected chi connectivity index (χ3v) is 2.18. The molecule has 1 aromatic carbocycles. The normalized spacial score (nSPS) is 9.65. The van der Waals surface area contributed by atoms with Gasteiger partial charge in [-0.25, -0.2) is 4.79 Å². The third kappa shape index (κ3) is 5.90. The van der Waals surface area contributed by atoms with Crippen molar-refractivity contribution in [2.45, 2.75) is 0 Å². The fourth-order valence-corrected chi connectivity index (χ4v) is 1.32. The summed E-state index contributed by atoms with van der Waals surface area (Å²) < 4.78 is 5.17. The lowest BCUT2D eigenvalue weighted by Crippen LogP contribution is -2.28. The standard InChI is InChI=1S/C13H19N3O3.ClH/c1-15(2)9-12(17)14-10-7-5-6-8-11(10)19-13(18)16(3)4;/h5-8H,9H2,1-4H3,(H,14,17);1H. The van der Waals surface area contributed by atoms with Crippen molar-refractivity contribution in [1.82, 2.24) is 9.80 Å². The van der Waals surface area contributed by atoms with E-state index in [0.717, 1.165) is 0 Å². The summed E-state index contributed by atoms with van der Waals surface area (Å²) in [5, 5.41) is 2.71. The van der Waals surface area contributed by atoms with Crippen LogP contribution in [0.3, 0.4) is 0 Å². The van der Waals surface area contributed by atoms with Gasteiger partial charge in [-0.2, -0.15) is 0 Å². The van der Waals surface area contributed by atoms with E-state index in [9.17, 15) is 9.59 Å². The number of para-hydroxylation sites is 2. The molecule has 1 N–H and O–H groups in total. The lowest BCUT2D eigenvalue weighted by molar-refractivity contribution is -0.116. The zero-order chi connectivity index (χ0) is 14.4. The van der Waals surface area contributed by atoms with Crippen molar-refractivity contribution in [2.75, 3.05) is 40.1 Å². The van der Waals surface area contributed by atoms with Crippen molar-refractivity contribution in [2.24, 2.45) is 0 Å². The first-order chi connectivity index (χ1) is 8.90. The SMILES string of the molecule is CN(C)CC(=O)Nc1ccccc1OC(=O)N(C)C.Cl. The molecule has 0 saturated carbocycles. The Morgan fingerprint density at radius 3 is 2.30 bits per heavy atom. The quantitative estimate of drug-likeness (QED) is 0.919. The molecule has 20 heavy (non-hydrogen) atoms. The highest BCUT2D eigenvalue weighted by Crippen LogP contribution is 2.24. The second-order valence-corrected chi connectivity index (χ2v) is 4.54. The zero-order valence-corrected chi connectivity index (χ0v) is 12.9. The maximum Gasteiger partial charge on any atom is 0.414 e. The molecule has 0 aliphatic carbocycles. The molecule has 0 aromatic heterocycles. The molecule has 7 heteroatoms. The molecule has 1 aromatic rings. The number of nitrogens with zero attached hydrogens (tertiary/aromatic N) is 2. The Kier molecular flexibility index (Phi) is 7.64. The Morgan fingerprint density at radius 2 is 1.75 bits per heavy atom. The van der Waals surface area contributed by atoms with Crippen LogP contribution >= 0.6 is 12.4 Å². The molecule has 0 radical (unpaired) electrons. The molecule has 0 heterocycles. The summed E-state index contributed by atoms with van der Waals surface area (Å²) in [6.07, 6.45) is -0.491. The Balaban J connectivity index is 0.00000361. The van der Waals surface area contributed by atoms with Crippen LogP contribution in [0.2, 0.25) is 0 Å². The number of carbonyl (C=O) groups is 2. The van der Waals surface area contributed by atoms with Crippen molar-refractivity contribution in [1.29, 1.82) is 0 Å². The highest BCUT2D eigenvalue weighted by Gasteiger charge is 2.12. The van der Waals surface area contributed by atoms with Gasteiger partial charge in [0.05, 0.1) is 12.2 Å². The summed E-state index contributed by atoms with van der Waals surface area (Å²) in [6, 6.07) is 6.82. The fraction of sp³-hybridized carbons (Fsp3) is 0.385. The van der Waals surface area contributed by atoms with Gasteiger partial charge in [0, 0.05) is 14.1 Å². The molecule has 1 rings (SSSR count).